The summed E-state index contributed by atoms with van der Waals surface area (Å²) in [5, 5.41) is 38.4. The van der Waals surface area contributed by atoms with Crippen LogP contribution in [0.4, 0.5) is 0 Å². The van der Waals surface area contributed by atoms with E-state index in [-0.39, 0.29) is 17.9 Å². The Morgan fingerprint density at radius 3 is 2.19 bits per heavy atom. The summed E-state index contributed by atoms with van der Waals surface area (Å²) in [6.45, 7) is 0.00860. The molecular formula is C20H28N4O7S. The first-order valence-corrected chi connectivity index (χ1v) is 10.7. The maximum atomic E-state index is 12.6. The van der Waals surface area contributed by atoms with Gasteiger partial charge in [0.2, 0.25) is 17.7 Å². The van der Waals surface area contributed by atoms with Crippen LogP contribution in [-0.2, 0) is 25.6 Å². The average Bonchev–Trinajstić information content (AvgIpc) is 3.31. The van der Waals surface area contributed by atoms with Crippen molar-refractivity contribution in [1.29, 1.82) is 0 Å². The molecule has 32 heavy (non-hydrogen) atoms. The van der Waals surface area contributed by atoms with E-state index >= 15 is 0 Å². The van der Waals surface area contributed by atoms with Crippen molar-refractivity contribution in [3.8, 4) is 5.75 Å². The van der Waals surface area contributed by atoms with Crippen LogP contribution in [0.5, 0.6) is 5.75 Å². The summed E-state index contributed by atoms with van der Waals surface area (Å²) in [4.78, 5) is 48.8. The second-order valence-corrected chi connectivity index (χ2v) is 7.77. The number of aromatic hydroxyl groups is 1. The summed E-state index contributed by atoms with van der Waals surface area (Å²) in [7, 11) is 0. The number of thiol groups is 1. The minimum atomic E-state index is -1.28. The van der Waals surface area contributed by atoms with Crippen LogP contribution in [0, 0.1) is 0 Å². The lowest BCUT2D eigenvalue weighted by Crippen LogP contribution is -2.58. The monoisotopic (exact) mass is 468 g/mol. The Bertz CT molecular complexity index is 815. The first-order valence-electron chi connectivity index (χ1n) is 10.1. The second kappa shape index (κ2) is 12.3. The number of phenolic OH excluding ortho intramolecular Hbond substituents is 1. The SMILES string of the molecule is O=C(O)C(Cc1ccc(O)cc1)NC(=O)C(CS)NC(=O)C(CO)NC(=O)C1CCCN1. The van der Waals surface area contributed by atoms with E-state index in [0.717, 1.165) is 6.42 Å². The van der Waals surface area contributed by atoms with Crippen LogP contribution >= 0.6 is 12.6 Å². The fourth-order valence-corrected chi connectivity index (χ4v) is 3.44. The van der Waals surface area contributed by atoms with Crippen molar-refractivity contribution in [1.82, 2.24) is 21.3 Å². The fourth-order valence-electron chi connectivity index (χ4n) is 3.18. The van der Waals surface area contributed by atoms with Crippen molar-refractivity contribution in [3.05, 3.63) is 29.8 Å². The smallest absolute Gasteiger partial charge is 0.326 e. The molecule has 4 atom stereocenters. The topological polar surface area (TPSA) is 177 Å². The van der Waals surface area contributed by atoms with Crippen molar-refractivity contribution in [2.75, 3.05) is 18.9 Å². The van der Waals surface area contributed by atoms with Crippen LogP contribution in [0.3, 0.4) is 0 Å². The molecule has 0 aromatic heterocycles. The van der Waals surface area contributed by atoms with Gasteiger partial charge in [-0.1, -0.05) is 12.1 Å². The Balaban J connectivity index is 1.96. The van der Waals surface area contributed by atoms with Crippen LogP contribution in [0.2, 0.25) is 0 Å². The van der Waals surface area contributed by atoms with Gasteiger partial charge in [-0.25, -0.2) is 4.79 Å². The molecule has 7 N–H and O–H groups in total. The van der Waals surface area contributed by atoms with Crippen molar-refractivity contribution in [3.63, 3.8) is 0 Å². The predicted molar refractivity (Wildman–Crippen MR) is 117 cm³/mol. The number of carboxylic acid groups (broad SMARTS) is 1. The molecule has 11 nitrogen and oxygen atoms in total. The van der Waals surface area contributed by atoms with Gasteiger partial charge >= 0.3 is 5.97 Å². The molecular weight excluding hydrogens is 440 g/mol. The highest BCUT2D eigenvalue weighted by Gasteiger charge is 2.30. The van der Waals surface area contributed by atoms with E-state index in [1.165, 1.54) is 24.3 Å². The van der Waals surface area contributed by atoms with E-state index in [4.69, 9.17) is 0 Å². The van der Waals surface area contributed by atoms with Gasteiger partial charge in [-0.2, -0.15) is 12.6 Å². The van der Waals surface area contributed by atoms with Gasteiger partial charge in [-0.3, -0.25) is 14.4 Å². The molecule has 0 bridgehead atoms. The minimum Gasteiger partial charge on any atom is -0.508 e. The number of aliphatic hydroxyl groups excluding tert-OH is 1. The molecule has 1 heterocycles. The third kappa shape index (κ3) is 7.39. The van der Waals surface area contributed by atoms with Gasteiger partial charge in [-0.15, -0.1) is 0 Å². The van der Waals surface area contributed by atoms with Crippen molar-refractivity contribution >= 4 is 36.3 Å². The zero-order valence-electron chi connectivity index (χ0n) is 17.3. The summed E-state index contributed by atoms with van der Waals surface area (Å²) in [6, 6.07) is 1.67. The summed E-state index contributed by atoms with van der Waals surface area (Å²) in [6.07, 6.45) is 1.40. The normalized spacial score (nSPS) is 18.2. The van der Waals surface area contributed by atoms with Gasteiger partial charge in [0, 0.05) is 12.2 Å². The molecule has 4 unspecified atom stereocenters. The van der Waals surface area contributed by atoms with Crippen LogP contribution < -0.4 is 21.3 Å². The maximum absolute atomic E-state index is 12.6. The average molecular weight is 469 g/mol. The molecule has 0 radical (unpaired) electrons. The summed E-state index contributed by atoms with van der Waals surface area (Å²) in [5.41, 5.74) is 0.575. The first-order chi connectivity index (χ1) is 15.2. The van der Waals surface area contributed by atoms with Crippen molar-refractivity contribution in [2.24, 2.45) is 0 Å². The van der Waals surface area contributed by atoms with Gasteiger partial charge in [0.1, 0.15) is 23.9 Å². The van der Waals surface area contributed by atoms with Gasteiger partial charge < -0.3 is 36.6 Å². The Morgan fingerprint density at radius 2 is 1.66 bits per heavy atom. The van der Waals surface area contributed by atoms with Crippen molar-refractivity contribution in [2.45, 2.75) is 43.4 Å². The molecule has 1 fully saturated rings. The van der Waals surface area contributed by atoms with Gasteiger partial charge in [-0.05, 0) is 37.1 Å². The number of phenols is 1. The first kappa shape index (κ1) is 25.4. The van der Waals surface area contributed by atoms with Gasteiger partial charge in [0.05, 0.1) is 12.6 Å². The Hall–Kier alpha value is -2.83. The lowest BCUT2D eigenvalue weighted by molar-refractivity contribution is -0.142. The van der Waals surface area contributed by atoms with Crippen LogP contribution in [0.15, 0.2) is 24.3 Å². The molecule has 0 saturated carbocycles. The number of aliphatic hydroxyl groups is 1. The number of rotatable bonds is 11. The highest BCUT2D eigenvalue weighted by atomic mass is 32.1. The number of carbonyl (C=O) groups is 4. The Labute approximate surface area is 190 Å². The molecule has 1 aliphatic rings. The lowest BCUT2D eigenvalue weighted by Gasteiger charge is -2.23. The van der Waals surface area contributed by atoms with E-state index in [1.54, 1.807) is 0 Å². The molecule has 3 amide bonds. The van der Waals surface area contributed by atoms with Crippen molar-refractivity contribution < 1.29 is 34.5 Å². The van der Waals surface area contributed by atoms with Gasteiger partial charge in [0.25, 0.3) is 0 Å². The third-order valence-corrected chi connectivity index (χ3v) is 5.36. The number of nitrogens with one attached hydrogen (secondary N) is 4. The van der Waals surface area contributed by atoms with Gasteiger partial charge in [0.15, 0.2) is 0 Å². The Kier molecular flexibility index (Phi) is 9.75. The highest BCUT2D eigenvalue weighted by Crippen LogP contribution is 2.12. The molecule has 1 aromatic rings. The molecule has 1 aliphatic heterocycles. The molecule has 176 valence electrons. The standard InChI is InChI=1S/C20H28N4O7S/c25-9-15(23-17(27)13-2-1-7-21-13)18(28)24-16(10-32)19(29)22-14(20(30)31)8-11-3-5-12(26)6-4-11/h3-6,13-16,21,25-26,32H,1-2,7-10H2,(H,22,29)(H,23,27)(H,24,28)(H,30,31). The number of amides is 3. The van der Waals surface area contributed by atoms with E-state index in [9.17, 15) is 34.5 Å². The molecule has 0 aliphatic carbocycles. The molecule has 1 saturated heterocycles. The van der Waals surface area contributed by atoms with Crippen LogP contribution in [-0.4, -0.2) is 82.1 Å². The largest absolute Gasteiger partial charge is 0.508 e. The number of carboxylic acids is 1. The number of aliphatic carboxylic acids is 1. The van der Waals surface area contributed by atoms with E-state index in [2.05, 4.69) is 33.9 Å². The zero-order chi connectivity index (χ0) is 23.7. The number of carbonyl (C=O) groups excluding carboxylic acids is 3. The molecule has 0 spiro atoms. The molecule has 12 heteroatoms. The number of hydrogen-bond donors (Lipinski definition) is 8. The summed E-state index contributed by atoms with van der Waals surface area (Å²) < 4.78 is 0. The predicted octanol–water partition coefficient (Wildman–Crippen LogP) is -1.85. The molecule has 1 aromatic carbocycles. The Morgan fingerprint density at radius 1 is 1.03 bits per heavy atom. The number of benzene rings is 1. The minimum absolute atomic E-state index is 0.0248. The van der Waals surface area contributed by atoms with E-state index in [1.807, 2.05) is 0 Å². The van der Waals surface area contributed by atoms with E-state index in [0.29, 0.717) is 18.5 Å². The third-order valence-electron chi connectivity index (χ3n) is 5.00. The van der Waals surface area contributed by atoms with Crippen LogP contribution in [0.1, 0.15) is 18.4 Å². The van der Waals surface area contributed by atoms with Crippen LogP contribution in [0.25, 0.3) is 0 Å². The lowest BCUT2D eigenvalue weighted by atomic mass is 10.1. The fraction of sp³-hybridized carbons (Fsp3) is 0.500. The quantitative estimate of drug-likeness (QED) is 0.174. The number of hydrogen-bond acceptors (Lipinski definition) is 8. The van der Waals surface area contributed by atoms with E-state index < -0.39 is 54.5 Å². The maximum Gasteiger partial charge on any atom is 0.326 e. The second-order valence-electron chi connectivity index (χ2n) is 7.41. The molecule has 2 rings (SSSR count). The summed E-state index contributed by atoms with van der Waals surface area (Å²) in [5.74, 6) is -3.39. The highest BCUT2D eigenvalue weighted by molar-refractivity contribution is 7.80. The summed E-state index contributed by atoms with van der Waals surface area (Å²) >= 11 is 4.04. The zero-order valence-corrected chi connectivity index (χ0v) is 18.2.